The molecular weight excluding hydrogens is 278 g/mol. The molecule has 2 aromatic carbocycles. The van der Waals surface area contributed by atoms with Crippen LogP contribution in [0.25, 0.3) is 33.1 Å². The van der Waals surface area contributed by atoms with E-state index in [1.165, 1.54) is 7.11 Å². The molecule has 4 aromatic rings. The lowest BCUT2D eigenvalue weighted by molar-refractivity contribution is 0.0602. The summed E-state index contributed by atoms with van der Waals surface area (Å²) in [5.41, 5.74) is 4.53. The minimum Gasteiger partial charge on any atom is -0.465 e. The molecule has 22 heavy (non-hydrogen) atoms. The fraction of sp³-hybridized carbons (Fsp3) is 0.118. The number of carbonyl (C=O) groups excluding carboxylic acids is 1. The molecule has 0 fully saturated rings. The average Bonchev–Trinajstić information content (AvgIpc) is 2.85. The number of carbonyl (C=O) groups is 1. The van der Waals surface area contributed by atoms with E-state index in [-0.39, 0.29) is 5.97 Å². The standard InChI is InChI=1S/C17H13N3O2/c1-20-15-10(6-5-7-11(15)17(21)22-2)14-16(20)19-13-9-4-3-8-12(13)18-14/h3-9H,1-2H3. The van der Waals surface area contributed by atoms with Gasteiger partial charge >= 0.3 is 5.97 Å². The van der Waals surface area contributed by atoms with Crippen molar-refractivity contribution < 1.29 is 9.53 Å². The lowest BCUT2D eigenvalue weighted by atomic mass is 10.1. The van der Waals surface area contributed by atoms with Crippen molar-refractivity contribution in [1.82, 2.24) is 14.5 Å². The first-order chi connectivity index (χ1) is 10.7. The Balaban J connectivity index is 2.21. The summed E-state index contributed by atoms with van der Waals surface area (Å²) in [6.07, 6.45) is 0. The number of fused-ring (bicyclic) bond motifs is 4. The molecule has 0 atom stereocenters. The van der Waals surface area contributed by atoms with Crippen molar-refractivity contribution in [2.24, 2.45) is 7.05 Å². The highest BCUT2D eigenvalue weighted by Gasteiger charge is 2.18. The molecule has 0 bridgehead atoms. The van der Waals surface area contributed by atoms with Crippen molar-refractivity contribution in [3.63, 3.8) is 0 Å². The molecular formula is C17H13N3O2. The number of benzene rings is 2. The summed E-state index contributed by atoms with van der Waals surface area (Å²) in [5.74, 6) is -0.360. The van der Waals surface area contributed by atoms with Gasteiger partial charge in [0.1, 0.15) is 5.52 Å². The molecule has 4 rings (SSSR count). The second-order valence-corrected chi connectivity index (χ2v) is 5.14. The van der Waals surface area contributed by atoms with Gasteiger partial charge in [0, 0.05) is 12.4 Å². The van der Waals surface area contributed by atoms with Crippen LogP contribution in [0, 0.1) is 0 Å². The predicted octanol–water partition coefficient (Wildman–Crippen LogP) is 3.06. The molecule has 5 heteroatoms. The summed E-state index contributed by atoms with van der Waals surface area (Å²) < 4.78 is 6.78. The van der Waals surface area contributed by atoms with Crippen molar-refractivity contribution in [3.05, 3.63) is 48.0 Å². The Kier molecular flexibility index (Phi) is 2.63. The third-order valence-electron chi connectivity index (χ3n) is 3.90. The van der Waals surface area contributed by atoms with Crippen LogP contribution < -0.4 is 0 Å². The van der Waals surface area contributed by atoms with Crippen LogP contribution in [-0.4, -0.2) is 27.6 Å². The molecule has 0 N–H and O–H groups in total. The van der Waals surface area contributed by atoms with E-state index >= 15 is 0 Å². The summed E-state index contributed by atoms with van der Waals surface area (Å²) in [6.45, 7) is 0. The van der Waals surface area contributed by atoms with Crippen molar-refractivity contribution in [2.45, 2.75) is 0 Å². The molecule has 0 aliphatic rings. The van der Waals surface area contributed by atoms with Gasteiger partial charge in [-0.1, -0.05) is 24.3 Å². The number of esters is 1. The molecule has 0 unspecified atom stereocenters. The highest BCUT2D eigenvalue weighted by Crippen LogP contribution is 2.29. The number of methoxy groups -OCH3 is 1. The van der Waals surface area contributed by atoms with E-state index in [4.69, 9.17) is 9.72 Å². The molecule has 0 saturated carbocycles. The van der Waals surface area contributed by atoms with Crippen LogP contribution in [0.2, 0.25) is 0 Å². The van der Waals surface area contributed by atoms with Crippen LogP contribution in [-0.2, 0) is 11.8 Å². The van der Waals surface area contributed by atoms with Crippen molar-refractivity contribution >= 4 is 39.1 Å². The SMILES string of the molecule is COC(=O)c1cccc2c3nc4ccccc4nc3n(C)c12. The molecule has 0 amide bonds. The Hall–Kier alpha value is -2.95. The molecule has 0 aliphatic heterocycles. The maximum absolute atomic E-state index is 12.0. The largest absolute Gasteiger partial charge is 0.465 e. The number of hydrogen-bond donors (Lipinski definition) is 0. The van der Waals surface area contributed by atoms with Gasteiger partial charge in [0.25, 0.3) is 0 Å². The first kappa shape index (κ1) is 12.8. The van der Waals surface area contributed by atoms with E-state index < -0.39 is 0 Å². The van der Waals surface area contributed by atoms with Crippen LogP contribution in [0.15, 0.2) is 42.5 Å². The van der Waals surface area contributed by atoms with E-state index in [0.717, 1.165) is 33.1 Å². The normalized spacial score (nSPS) is 11.4. The van der Waals surface area contributed by atoms with E-state index in [2.05, 4.69) is 4.98 Å². The molecule has 2 aromatic heterocycles. The molecule has 0 saturated heterocycles. The monoisotopic (exact) mass is 291 g/mol. The summed E-state index contributed by atoms with van der Waals surface area (Å²) in [6, 6.07) is 13.3. The first-order valence-corrected chi connectivity index (χ1v) is 6.93. The van der Waals surface area contributed by atoms with Gasteiger partial charge in [-0.3, -0.25) is 0 Å². The van der Waals surface area contributed by atoms with Crippen molar-refractivity contribution in [2.75, 3.05) is 7.11 Å². The van der Waals surface area contributed by atoms with E-state index in [1.807, 2.05) is 48.0 Å². The summed E-state index contributed by atoms with van der Waals surface area (Å²) in [7, 11) is 3.27. The van der Waals surface area contributed by atoms with Gasteiger partial charge in [0.05, 0.1) is 29.2 Å². The quantitative estimate of drug-likeness (QED) is 0.506. The summed E-state index contributed by atoms with van der Waals surface area (Å²) >= 11 is 0. The highest BCUT2D eigenvalue weighted by molar-refractivity contribution is 6.13. The van der Waals surface area contributed by atoms with Crippen LogP contribution in [0.1, 0.15) is 10.4 Å². The zero-order chi connectivity index (χ0) is 15.3. The van der Waals surface area contributed by atoms with Crippen molar-refractivity contribution in [3.8, 4) is 0 Å². The molecule has 2 heterocycles. The fourth-order valence-corrected chi connectivity index (χ4v) is 2.88. The molecule has 0 spiro atoms. The number of ether oxygens (including phenoxy) is 1. The van der Waals surface area contributed by atoms with Gasteiger partial charge in [-0.2, -0.15) is 0 Å². The van der Waals surface area contributed by atoms with Gasteiger partial charge in [-0.05, 0) is 18.2 Å². The lowest BCUT2D eigenvalue weighted by Crippen LogP contribution is -2.04. The Bertz CT molecular complexity index is 1050. The number of hydrogen-bond acceptors (Lipinski definition) is 4. The number of aryl methyl sites for hydroxylation is 1. The van der Waals surface area contributed by atoms with Gasteiger partial charge in [-0.15, -0.1) is 0 Å². The maximum Gasteiger partial charge on any atom is 0.340 e. The van der Waals surface area contributed by atoms with Crippen LogP contribution >= 0.6 is 0 Å². The minimum atomic E-state index is -0.360. The number of rotatable bonds is 1. The number of para-hydroxylation sites is 3. The predicted molar refractivity (Wildman–Crippen MR) is 84.9 cm³/mol. The second kappa shape index (κ2) is 4.53. The molecule has 108 valence electrons. The van der Waals surface area contributed by atoms with Gasteiger partial charge in [-0.25, -0.2) is 14.8 Å². The zero-order valence-corrected chi connectivity index (χ0v) is 12.2. The highest BCUT2D eigenvalue weighted by atomic mass is 16.5. The van der Waals surface area contributed by atoms with Gasteiger partial charge < -0.3 is 9.30 Å². The van der Waals surface area contributed by atoms with E-state index in [0.29, 0.717) is 5.56 Å². The molecule has 0 radical (unpaired) electrons. The zero-order valence-electron chi connectivity index (χ0n) is 12.2. The first-order valence-electron chi connectivity index (χ1n) is 6.93. The van der Waals surface area contributed by atoms with Crippen LogP contribution in [0.3, 0.4) is 0 Å². The van der Waals surface area contributed by atoms with Gasteiger partial charge in [0.2, 0.25) is 0 Å². The second-order valence-electron chi connectivity index (χ2n) is 5.14. The Labute approximate surface area is 126 Å². The third-order valence-corrected chi connectivity index (χ3v) is 3.90. The summed E-state index contributed by atoms with van der Waals surface area (Å²) in [4.78, 5) is 21.4. The summed E-state index contributed by atoms with van der Waals surface area (Å²) in [5, 5.41) is 0.902. The Morgan fingerprint density at radius 1 is 1.05 bits per heavy atom. The van der Waals surface area contributed by atoms with Crippen LogP contribution in [0.5, 0.6) is 0 Å². The minimum absolute atomic E-state index is 0.360. The Morgan fingerprint density at radius 2 is 1.77 bits per heavy atom. The third kappa shape index (κ3) is 1.62. The number of nitrogens with zero attached hydrogens (tertiary/aromatic N) is 3. The van der Waals surface area contributed by atoms with Crippen LogP contribution in [0.4, 0.5) is 0 Å². The van der Waals surface area contributed by atoms with Gasteiger partial charge in [0.15, 0.2) is 5.65 Å². The van der Waals surface area contributed by atoms with E-state index in [9.17, 15) is 4.79 Å². The molecule has 0 aliphatic carbocycles. The lowest BCUT2D eigenvalue weighted by Gasteiger charge is -2.03. The number of aromatic nitrogens is 3. The van der Waals surface area contributed by atoms with E-state index in [1.54, 1.807) is 6.07 Å². The Morgan fingerprint density at radius 3 is 2.50 bits per heavy atom. The topological polar surface area (TPSA) is 57.0 Å². The maximum atomic E-state index is 12.0. The average molecular weight is 291 g/mol. The van der Waals surface area contributed by atoms with Crippen molar-refractivity contribution in [1.29, 1.82) is 0 Å². The fourth-order valence-electron chi connectivity index (χ4n) is 2.88. The molecule has 5 nitrogen and oxygen atoms in total. The smallest absolute Gasteiger partial charge is 0.340 e.